The molecular weight excluding hydrogens is 469 g/mol. The van der Waals surface area contributed by atoms with E-state index in [0.29, 0.717) is 55.1 Å². The molecule has 0 unspecified atom stereocenters. The SMILES string of the molecule is CCn1cc(C(=O)O)c(=O)c2cc(F)c(N3CCN(C4=C(c5cccc(O)c5)C(=O)OC4)CC3)cc21. The molecule has 3 aromatic rings. The Labute approximate surface area is 205 Å². The predicted molar refractivity (Wildman–Crippen MR) is 131 cm³/mol. The third kappa shape index (κ3) is 3.94. The molecule has 0 atom stereocenters. The van der Waals surface area contributed by atoms with Crippen LogP contribution >= 0.6 is 0 Å². The number of carbonyl (C=O) groups excluding carboxylic acids is 1. The number of anilines is 1. The minimum Gasteiger partial charge on any atom is -0.508 e. The fraction of sp³-hybridized carbons (Fsp3) is 0.269. The van der Waals surface area contributed by atoms with E-state index >= 15 is 4.39 Å². The number of phenolic OH excluding ortho intramolecular Hbond substituents is 1. The summed E-state index contributed by atoms with van der Waals surface area (Å²) in [4.78, 5) is 40.4. The monoisotopic (exact) mass is 493 g/mol. The molecule has 0 bridgehead atoms. The van der Waals surface area contributed by atoms with E-state index in [1.54, 1.807) is 22.8 Å². The number of ether oxygens (including phenoxy) is 1. The van der Waals surface area contributed by atoms with E-state index in [-0.39, 0.29) is 17.7 Å². The number of hydrogen-bond donors (Lipinski definition) is 2. The smallest absolute Gasteiger partial charge is 0.341 e. The standard InChI is InChI=1S/C26H24FN3O6/c1-2-28-13-18(25(33)34)24(32)17-11-19(27)21(12-20(17)28)29-6-8-30(9-7-29)22-14-36-26(35)23(22)15-4-3-5-16(31)10-15/h3-5,10-13,31H,2,6-9,14H2,1H3,(H,33,34). The van der Waals surface area contributed by atoms with Gasteiger partial charge in [0.2, 0.25) is 5.43 Å². The molecule has 3 heterocycles. The van der Waals surface area contributed by atoms with Gasteiger partial charge in [0.25, 0.3) is 0 Å². The number of aromatic carboxylic acids is 1. The second-order valence-corrected chi connectivity index (χ2v) is 8.71. The molecule has 5 rings (SSSR count). The Morgan fingerprint density at radius 2 is 1.81 bits per heavy atom. The number of rotatable bonds is 5. The van der Waals surface area contributed by atoms with Crippen molar-refractivity contribution < 1.29 is 28.9 Å². The van der Waals surface area contributed by atoms with Gasteiger partial charge in [-0.05, 0) is 36.8 Å². The minimum absolute atomic E-state index is 0.0270. The van der Waals surface area contributed by atoms with Gasteiger partial charge in [-0.25, -0.2) is 14.0 Å². The van der Waals surface area contributed by atoms with Crippen LogP contribution in [0.2, 0.25) is 0 Å². The van der Waals surface area contributed by atoms with Crippen LogP contribution in [0.5, 0.6) is 5.75 Å². The summed E-state index contributed by atoms with van der Waals surface area (Å²) in [6, 6.07) is 9.16. The maximum Gasteiger partial charge on any atom is 0.341 e. The van der Waals surface area contributed by atoms with Gasteiger partial charge in [0.15, 0.2) is 0 Å². The molecule has 186 valence electrons. The second-order valence-electron chi connectivity index (χ2n) is 8.71. The molecule has 1 fully saturated rings. The molecule has 2 aliphatic rings. The van der Waals surface area contributed by atoms with Crippen LogP contribution in [0, 0.1) is 5.82 Å². The highest BCUT2D eigenvalue weighted by atomic mass is 19.1. The number of aromatic nitrogens is 1. The fourth-order valence-corrected chi connectivity index (χ4v) is 4.86. The molecule has 2 N–H and O–H groups in total. The van der Waals surface area contributed by atoms with E-state index in [1.807, 2.05) is 16.7 Å². The molecule has 1 aromatic heterocycles. The van der Waals surface area contributed by atoms with Crippen molar-refractivity contribution in [2.24, 2.45) is 0 Å². The topological polar surface area (TPSA) is 112 Å². The molecule has 1 saturated heterocycles. The van der Waals surface area contributed by atoms with Crippen LogP contribution < -0.4 is 10.3 Å². The van der Waals surface area contributed by atoms with Crippen molar-refractivity contribution in [1.82, 2.24) is 9.47 Å². The predicted octanol–water partition coefficient (Wildman–Crippen LogP) is 2.65. The Kier molecular flexibility index (Phi) is 5.87. The number of pyridine rings is 1. The number of cyclic esters (lactones) is 1. The van der Waals surface area contributed by atoms with Gasteiger partial charge in [0, 0.05) is 44.3 Å². The van der Waals surface area contributed by atoms with Crippen LogP contribution in [0.3, 0.4) is 0 Å². The molecule has 2 aromatic carbocycles. The lowest BCUT2D eigenvalue weighted by molar-refractivity contribution is -0.134. The number of piperazine rings is 1. The number of carboxylic acids is 1. The number of carboxylic acid groups (broad SMARTS) is 1. The van der Waals surface area contributed by atoms with Gasteiger partial charge in [-0.15, -0.1) is 0 Å². The Morgan fingerprint density at radius 1 is 1.08 bits per heavy atom. The van der Waals surface area contributed by atoms with Crippen molar-refractivity contribution in [3.63, 3.8) is 0 Å². The fourth-order valence-electron chi connectivity index (χ4n) is 4.86. The van der Waals surface area contributed by atoms with E-state index in [0.717, 1.165) is 11.8 Å². The maximum atomic E-state index is 15.2. The van der Waals surface area contributed by atoms with Crippen molar-refractivity contribution in [1.29, 1.82) is 0 Å². The quantitative estimate of drug-likeness (QED) is 0.522. The van der Waals surface area contributed by atoms with E-state index in [9.17, 15) is 24.6 Å². The van der Waals surface area contributed by atoms with Gasteiger partial charge in [-0.1, -0.05) is 12.1 Å². The van der Waals surface area contributed by atoms with Crippen molar-refractivity contribution in [2.45, 2.75) is 13.5 Å². The number of nitrogens with zero attached hydrogens (tertiary/aromatic N) is 3. The van der Waals surface area contributed by atoms with E-state index in [1.165, 1.54) is 18.3 Å². The number of phenols is 1. The van der Waals surface area contributed by atoms with Crippen molar-refractivity contribution in [3.05, 3.63) is 75.5 Å². The average molecular weight is 493 g/mol. The second kappa shape index (κ2) is 9.03. The van der Waals surface area contributed by atoms with Gasteiger partial charge in [-0.2, -0.15) is 0 Å². The Bertz CT molecular complexity index is 1490. The van der Waals surface area contributed by atoms with E-state index in [2.05, 4.69) is 0 Å². The van der Waals surface area contributed by atoms with Gasteiger partial charge in [0.05, 0.1) is 22.5 Å². The summed E-state index contributed by atoms with van der Waals surface area (Å²) in [5.41, 5.74) is 1.41. The number of fused-ring (bicyclic) bond motifs is 1. The normalized spacial score (nSPS) is 16.1. The van der Waals surface area contributed by atoms with Gasteiger partial charge >= 0.3 is 11.9 Å². The van der Waals surface area contributed by atoms with Gasteiger partial charge in [0.1, 0.15) is 23.7 Å². The highest BCUT2D eigenvalue weighted by Crippen LogP contribution is 2.32. The largest absolute Gasteiger partial charge is 0.508 e. The van der Waals surface area contributed by atoms with E-state index < -0.39 is 28.7 Å². The number of esters is 1. The molecule has 0 radical (unpaired) electrons. The van der Waals surface area contributed by atoms with E-state index in [4.69, 9.17) is 4.74 Å². The van der Waals surface area contributed by atoms with Crippen molar-refractivity contribution in [2.75, 3.05) is 37.7 Å². The summed E-state index contributed by atoms with van der Waals surface area (Å²) in [6.45, 7) is 4.28. The molecule has 0 aliphatic carbocycles. The van der Waals surface area contributed by atoms with Crippen LogP contribution in [0.4, 0.5) is 10.1 Å². The summed E-state index contributed by atoms with van der Waals surface area (Å²) in [5, 5.41) is 19.2. The first-order valence-corrected chi connectivity index (χ1v) is 11.6. The lowest BCUT2D eigenvalue weighted by atomic mass is 10.0. The zero-order chi connectivity index (χ0) is 25.6. The molecule has 0 spiro atoms. The summed E-state index contributed by atoms with van der Waals surface area (Å²) in [6.07, 6.45) is 1.29. The highest BCUT2D eigenvalue weighted by Gasteiger charge is 2.32. The number of halogens is 1. The lowest BCUT2D eigenvalue weighted by Crippen LogP contribution is -2.46. The average Bonchev–Trinajstić information content (AvgIpc) is 3.25. The lowest BCUT2D eigenvalue weighted by Gasteiger charge is -2.38. The van der Waals surface area contributed by atoms with Crippen LogP contribution in [-0.4, -0.2) is 64.4 Å². The molecule has 9 nitrogen and oxygen atoms in total. The number of hydrogen-bond acceptors (Lipinski definition) is 7. The first kappa shape index (κ1) is 23.4. The van der Waals surface area contributed by atoms with Crippen LogP contribution in [0.15, 0.2) is 53.1 Å². The minimum atomic E-state index is -1.35. The first-order valence-electron chi connectivity index (χ1n) is 11.6. The molecule has 0 amide bonds. The first-order chi connectivity index (χ1) is 17.3. The Balaban J connectivity index is 1.44. The Morgan fingerprint density at radius 3 is 2.47 bits per heavy atom. The highest BCUT2D eigenvalue weighted by molar-refractivity contribution is 6.19. The number of benzene rings is 2. The van der Waals surface area contributed by atoms with Gasteiger partial charge in [-0.3, -0.25) is 4.79 Å². The van der Waals surface area contributed by atoms with Crippen LogP contribution in [0.1, 0.15) is 22.8 Å². The van der Waals surface area contributed by atoms with Crippen molar-refractivity contribution >= 4 is 34.1 Å². The molecule has 2 aliphatic heterocycles. The molecule has 36 heavy (non-hydrogen) atoms. The van der Waals surface area contributed by atoms with Crippen LogP contribution in [0.25, 0.3) is 16.5 Å². The molecular formula is C26H24FN3O6. The summed E-state index contributed by atoms with van der Waals surface area (Å²) >= 11 is 0. The van der Waals surface area contributed by atoms with Crippen molar-refractivity contribution in [3.8, 4) is 5.75 Å². The maximum absolute atomic E-state index is 15.2. The number of carbonyl (C=O) groups is 2. The summed E-state index contributed by atoms with van der Waals surface area (Å²) < 4.78 is 22.1. The summed E-state index contributed by atoms with van der Waals surface area (Å²) in [5.74, 6) is -2.34. The summed E-state index contributed by atoms with van der Waals surface area (Å²) in [7, 11) is 0. The molecule has 0 saturated carbocycles. The third-order valence-electron chi connectivity index (χ3n) is 6.69. The zero-order valence-corrected chi connectivity index (χ0v) is 19.5. The van der Waals surface area contributed by atoms with Crippen LogP contribution in [-0.2, 0) is 16.1 Å². The Hall–Kier alpha value is -4.34. The third-order valence-corrected chi connectivity index (χ3v) is 6.69. The number of aryl methyl sites for hydroxylation is 1. The zero-order valence-electron chi connectivity index (χ0n) is 19.5. The van der Waals surface area contributed by atoms with Gasteiger partial charge < -0.3 is 29.3 Å². The number of aromatic hydroxyl groups is 1. The molecule has 10 heteroatoms.